The molecule has 0 fully saturated rings. The molecule has 0 saturated carbocycles. The van der Waals surface area contributed by atoms with Crippen molar-refractivity contribution in [2.75, 3.05) is 0 Å². The summed E-state index contributed by atoms with van der Waals surface area (Å²) in [6, 6.07) is 0. The van der Waals surface area contributed by atoms with E-state index in [9.17, 15) is 4.79 Å². The Morgan fingerprint density at radius 2 is 2.45 bits per heavy atom. The first-order valence-corrected chi connectivity index (χ1v) is 3.69. The van der Waals surface area contributed by atoms with Gasteiger partial charge in [0.15, 0.2) is 0 Å². The number of hydrogen-bond donors (Lipinski definition) is 2. The van der Waals surface area contributed by atoms with Crippen LogP contribution in [-0.4, -0.2) is 23.3 Å². The Kier molecular flexibility index (Phi) is 2.79. The molecule has 11 heavy (non-hydrogen) atoms. The van der Waals surface area contributed by atoms with Gasteiger partial charge in [0.25, 0.3) is 0 Å². The highest BCUT2D eigenvalue weighted by Crippen LogP contribution is 2.34. The van der Waals surface area contributed by atoms with Crippen molar-refractivity contribution in [1.29, 1.82) is 0 Å². The van der Waals surface area contributed by atoms with E-state index in [0.29, 0.717) is 16.4 Å². The van der Waals surface area contributed by atoms with E-state index in [-0.39, 0.29) is 0 Å². The van der Waals surface area contributed by atoms with Crippen molar-refractivity contribution in [3.8, 4) is 0 Å². The van der Waals surface area contributed by atoms with E-state index in [4.69, 9.17) is 10.0 Å². The summed E-state index contributed by atoms with van der Waals surface area (Å²) in [5.41, 5.74) is 0. The van der Waals surface area contributed by atoms with E-state index >= 15 is 0 Å². The summed E-state index contributed by atoms with van der Waals surface area (Å²) in [7, 11) is -1.82. The predicted octanol–water partition coefficient (Wildman–Crippen LogP) is -0.334. The zero-order valence-electron chi connectivity index (χ0n) is 5.48. The standard InChI is InChI=1S/C5H5BO4S/c7-3-4-1-2-5(11-4)10-6(8)9/h2,8-9H,1H2. The lowest BCUT2D eigenvalue weighted by molar-refractivity contribution is 0.252. The largest absolute Gasteiger partial charge is 0.707 e. The summed E-state index contributed by atoms with van der Waals surface area (Å²) >= 11 is 1.05. The average molecular weight is 172 g/mol. The Labute approximate surface area is 67.7 Å². The van der Waals surface area contributed by atoms with Gasteiger partial charge in [0.1, 0.15) is 11.0 Å². The van der Waals surface area contributed by atoms with Crippen molar-refractivity contribution in [2.45, 2.75) is 6.42 Å². The third-order valence-electron chi connectivity index (χ3n) is 1.01. The highest BCUT2D eigenvalue weighted by molar-refractivity contribution is 8.07. The molecule has 0 unspecified atom stereocenters. The van der Waals surface area contributed by atoms with Crippen molar-refractivity contribution in [3.05, 3.63) is 16.1 Å². The fourth-order valence-corrected chi connectivity index (χ4v) is 1.37. The van der Waals surface area contributed by atoms with E-state index in [2.05, 4.69) is 4.65 Å². The number of allylic oxidation sites excluding steroid dienone is 2. The molecule has 6 heteroatoms. The van der Waals surface area contributed by atoms with Gasteiger partial charge in [-0.25, -0.2) is 4.79 Å². The Morgan fingerprint density at radius 1 is 1.73 bits per heavy atom. The second-order valence-electron chi connectivity index (χ2n) is 1.80. The maximum atomic E-state index is 10.0. The van der Waals surface area contributed by atoms with Crippen LogP contribution in [0.4, 0.5) is 0 Å². The first kappa shape index (κ1) is 8.42. The normalized spacial score (nSPS) is 15.8. The predicted molar refractivity (Wildman–Crippen MR) is 40.8 cm³/mol. The quantitative estimate of drug-likeness (QED) is 0.440. The second kappa shape index (κ2) is 3.64. The average Bonchev–Trinajstić information content (AvgIpc) is 2.34. The minimum Gasteiger partial charge on any atom is -0.507 e. The molecule has 0 bridgehead atoms. The molecule has 2 N–H and O–H groups in total. The van der Waals surface area contributed by atoms with Crippen LogP contribution in [-0.2, 0) is 9.45 Å². The first-order valence-electron chi connectivity index (χ1n) is 2.87. The summed E-state index contributed by atoms with van der Waals surface area (Å²) < 4.78 is 4.48. The van der Waals surface area contributed by atoms with Crippen LogP contribution in [0.3, 0.4) is 0 Å². The van der Waals surface area contributed by atoms with E-state index in [1.54, 1.807) is 12.0 Å². The van der Waals surface area contributed by atoms with Crippen molar-refractivity contribution >= 4 is 25.0 Å². The highest BCUT2D eigenvalue weighted by atomic mass is 32.2. The van der Waals surface area contributed by atoms with Gasteiger partial charge < -0.3 is 14.7 Å². The molecule has 0 spiro atoms. The molecule has 1 aliphatic rings. The summed E-state index contributed by atoms with van der Waals surface area (Å²) in [5.74, 6) is 1.70. The fraction of sp³-hybridized carbons (Fsp3) is 0.200. The second-order valence-corrected chi connectivity index (χ2v) is 2.90. The molecule has 0 aliphatic carbocycles. The van der Waals surface area contributed by atoms with E-state index in [0.717, 1.165) is 11.8 Å². The Hall–Kier alpha value is -0.675. The number of carbonyl (C=O) groups excluding carboxylic acids is 1. The maximum Gasteiger partial charge on any atom is 0.707 e. The minimum absolute atomic E-state index is 0.332. The lowest BCUT2D eigenvalue weighted by Crippen LogP contribution is -2.14. The van der Waals surface area contributed by atoms with Crippen LogP contribution in [0.25, 0.3) is 0 Å². The molecule has 0 radical (unpaired) electrons. The minimum atomic E-state index is -1.82. The third kappa shape index (κ3) is 2.44. The van der Waals surface area contributed by atoms with Crippen LogP contribution in [0, 0.1) is 0 Å². The van der Waals surface area contributed by atoms with Gasteiger partial charge in [0.2, 0.25) is 0 Å². The lowest BCUT2D eigenvalue weighted by atomic mass is 10.3. The molecule has 4 nitrogen and oxygen atoms in total. The van der Waals surface area contributed by atoms with Gasteiger partial charge in [0, 0.05) is 6.42 Å². The molecule has 58 valence electrons. The van der Waals surface area contributed by atoms with Crippen LogP contribution in [0.15, 0.2) is 16.1 Å². The smallest absolute Gasteiger partial charge is 0.507 e. The Bertz CT molecular complexity index is 231. The number of hydrogen-bond acceptors (Lipinski definition) is 5. The Morgan fingerprint density at radius 3 is 2.91 bits per heavy atom. The van der Waals surface area contributed by atoms with Gasteiger partial charge >= 0.3 is 7.32 Å². The van der Waals surface area contributed by atoms with Crippen LogP contribution < -0.4 is 0 Å². The van der Waals surface area contributed by atoms with Crippen molar-refractivity contribution in [3.63, 3.8) is 0 Å². The Balaban J connectivity index is 2.46. The molecular weight excluding hydrogens is 167 g/mol. The van der Waals surface area contributed by atoms with Gasteiger partial charge in [-0.2, -0.15) is 0 Å². The van der Waals surface area contributed by atoms with Crippen molar-refractivity contribution in [2.24, 2.45) is 0 Å². The summed E-state index contributed by atoms with van der Waals surface area (Å²) in [5, 5.41) is 17.0. The number of rotatable bonds is 2. The van der Waals surface area contributed by atoms with Gasteiger partial charge in [0.05, 0.1) is 4.91 Å². The summed E-state index contributed by atoms with van der Waals surface area (Å²) in [6.07, 6.45) is 2.04. The van der Waals surface area contributed by atoms with Crippen LogP contribution in [0.5, 0.6) is 0 Å². The van der Waals surface area contributed by atoms with Crippen LogP contribution in [0.2, 0.25) is 0 Å². The highest BCUT2D eigenvalue weighted by Gasteiger charge is 2.19. The zero-order valence-corrected chi connectivity index (χ0v) is 6.30. The molecule has 1 aliphatic heterocycles. The molecule has 1 heterocycles. The van der Waals surface area contributed by atoms with Crippen LogP contribution in [0.1, 0.15) is 6.42 Å². The zero-order chi connectivity index (χ0) is 8.27. The number of thioether (sulfide) groups is 1. The lowest BCUT2D eigenvalue weighted by Gasteiger charge is -2.01. The SMILES string of the molecule is O=C=C1CC=C(OB(O)O)S1. The van der Waals surface area contributed by atoms with Crippen molar-refractivity contribution < 1.29 is 19.5 Å². The molecule has 0 aromatic heterocycles. The third-order valence-corrected chi connectivity index (χ3v) is 1.97. The molecule has 1 rings (SSSR count). The molecule has 0 amide bonds. The monoisotopic (exact) mass is 172 g/mol. The van der Waals surface area contributed by atoms with E-state index < -0.39 is 7.32 Å². The van der Waals surface area contributed by atoms with Crippen molar-refractivity contribution in [1.82, 2.24) is 0 Å². The van der Waals surface area contributed by atoms with E-state index in [1.165, 1.54) is 0 Å². The van der Waals surface area contributed by atoms with Gasteiger partial charge in [-0.3, -0.25) is 0 Å². The van der Waals surface area contributed by atoms with Gasteiger partial charge in [-0.1, -0.05) is 0 Å². The molecule has 0 atom stereocenters. The van der Waals surface area contributed by atoms with Gasteiger partial charge in [-0.15, -0.1) is 0 Å². The molecule has 0 saturated heterocycles. The molecule has 0 aromatic rings. The molecule has 0 aromatic carbocycles. The molecular formula is C5H5BO4S. The van der Waals surface area contributed by atoms with Crippen LogP contribution >= 0.6 is 11.8 Å². The first-order chi connectivity index (χ1) is 5.22. The van der Waals surface area contributed by atoms with E-state index in [1.807, 2.05) is 0 Å². The summed E-state index contributed by atoms with van der Waals surface area (Å²) in [4.78, 5) is 10.5. The summed E-state index contributed by atoms with van der Waals surface area (Å²) in [6.45, 7) is 0. The van der Waals surface area contributed by atoms with Gasteiger partial charge in [-0.05, 0) is 17.8 Å². The topological polar surface area (TPSA) is 66.8 Å². The maximum absolute atomic E-state index is 10.0. The fourth-order valence-electron chi connectivity index (χ4n) is 0.619.